The molecular weight excluding hydrogens is 236 g/mol. The fraction of sp³-hybridized carbons (Fsp3) is 0.750. The quantitative estimate of drug-likeness (QED) is 0.779. The van der Waals surface area contributed by atoms with Crippen LogP contribution in [0.5, 0.6) is 0 Å². The van der Waals surface area contributed by atoms with Crippen LogP contribution in [0.1, 0.15) is 57.1 Å². The number of nitrogens with one attached hydrogen (secondary N) is 1. The van der Waals surface area contributed by atoms with E-state index >= 15 is 0 Å². The van der Waals surface area contributed by atoms with Crippen LogP contribution in [-0.2, 0) is 13.1 Å². The average Bonchev–Trinajstić information content (AvgIpc) is 3.17. The Morgan fingerprint density at radius 1 is 1.42 bits per heavy atom. The van der Waals surface area contributed by atoms with Gasteiger partial charge in [-0.05, 0) is 45.7 Å². The van der Waals surface area contributed by atoms with Gasteiger partial charge in [-0.3, -0.25) is 4.90 Å². The fourth-order valence-electron chi connectivity index (χ4n) is 2.42. The predicted octanol–water partition coefficient (Wildman–Crippen LogP) is 3.46. The van der Waals surface area contributed by atoms with Crippen LogP contribution in [0.4, 0.5) is 0 Å². The van der Waals surface area contributed by atoms with Crippen molar-refractivity contribution in [1.29, 1.82) is 0 Å². The van der Waals surface area contributed by atoms with Gasteiger partial charge in [0, 0.05) is 24.2 Å². The molecule has 2 rings (SSSR count). The second-order valence-electron chi connectivity index (χ2n) is 5.77. The summed E-state index contributed by atoms with van der Waals surface area (Å²) in [4.78, 5) is 2.51. The van der Waals surface area contributed by atoms with Crippen LogP contribution in [0.2, 0.25) is 0 Å². The van der Waals surface area contributed by atoms with Gasteiger partial charge in [-0.1, -0.05) is 13.8 Å². The van der Waals surface area contributed by atoms with Gasteiger partial charge in [-0.2, -0.15) is 0 Å². The summed E-state index contributed by atoms with van der Waals surface area (Å²) in [6.45, 7) is 11.8. The van der Waals surface area contributed by atoms with E-state index in [0.717, 1.165) is 37.2 Å². The Labute approximate surface area is 117 Å². The zero-order valence-electron chi connectivity index (χ0n) is 12.8. The number of furan rings is 1. The number of rotatable bonds is 8. The molecule has 0 radical (unpaired) electrons. The monoisotopic (exact) mass is 264 g/mol. The molecule has 1 heterocycles. The first kappa shape index (κ1) is 14.6. The van der Waals surface area contributed by atoms with Crippen LogP contribution in [0.25, 0.3) is 0 Å². The molecule has 1 saturated carbocycles. The third kappa shape index (κ3) is 4.08. The van der Waals surface area contributed by atoms with E-state index in [1.165, 1.54) is 24.8 Å². The van der Waals surface area contributed by atoms with Gasteiger partial charge in [0.25, 0.3) is 0 Å². The second kappa shape index (κ2) is 6.58. The Kier molecular flexibility index (Phi) is 5.06. The summed E-state index contributed by atoms with van der Waals surface area (Å²) in [5.41, 5.74) is 1.34. The minimum absolute atomic E-state index is 0.632. The summed E-state index contributed by atoms with van der Waals surface area (Å²) in [5, 5.41) is 3.51. The summed E-state index contributed by atoms with van der Waals surface area (Å²) in [7, 11) is 0. The highest BCUT2D eigenvalue weighted by Gasteiger charge is 2.21. The molecule has 1 unspecified atom stereocenters. The molecule has 0 aromatic carbocycles. The van der Waals surface area contributed by atoms with Crippen molar-refractivity contribution in [3.05, 3.63) is 23.2 Å². The summed E-state index contributed by atoms with van der Waals surface area (Å²) >= 11 is 0. The molecule has 1 fully saturated rings. The second-order valence-corrected chi connectivity index (χ2v) is 5.77. The topological polar surface area (TPSA) is 28.4 Å². The highest BCUT2D eigenvalue weighted by Crippen LogP contribution is 2.22. The van der Waals surface area contributed by atoms with Crippen molar-refractivity contribution in [2.75, 3.05) is 6.54 Å². The average molecular weight is 264 g/mol. The van der Waals surface area contributed by atoms with Crippen LogP contribution < -0.4 is 5.32 Å². The van der Waals surface area contributed by atoms with Gasteiger partial charge in [-0.25, -0.2) is 0 Å². The highest BCUT2D eigenvalue weighted by atomic mass is 16.3. The van der Waals surface area contributed by atoms with Crippen molar-refractivity contribution in [2.45, 2.75) is 72.1 Å². The van der Waals surface area contributed by atoms with Crippen LogP contribution in [0.15, 0.2) is 10.5 Å². The minimum Gasteiger partial charge on any atom is -0.465 e. The molecule has 0 saturated heterocycles. The Bertz CT molecular complexity index is 395. The summed E-state index contributed by atoms with van der Waals surface area (Å²) in [6, 6.07) is 3.60. The van der Waals surface area contributed by atoms with Gasteiger partial charge in [0.1, 0.15) is 11.5 Å². The zero-order valence-corrected chi connectivity index (χ0v) is 12.8. The van der Waals surface area contributed by atoms with E-state index in [2.05, 4.69) is 44.0 Å². The van der Waals surface area contributed by atoms with E-state index in [9.17, 15) is 0 Å². The first-order chi connectivity index (χ1) is 9.13. The molecule has 3 heteroatoms. The van der Waals surface area contributed by atoms with Crippen LogP contribution in [0, 0.1) is 6.92 Å². The van der Waals surface area contributed by atoms with Gasteiger partial charge in [0.2, 0.25) is 0 Å². The number of hydrogen-bond donors (Lipinski definition) is 1. The van der Waals surface area contributed by atoms with Gasteiger partial charge >= 0.3 is 0 Å². The lowest BCUT2D eigenvalue weighted by Crippen LogP contribution is -2.31. The molecule has 1 N–H and O–H groups in total. The van der Waals surface area contributed by atoms with Gasteiger partial charge in [0.05, 0.1) is 6.54 Å². The summed E-state index contributed by atoms with van der Waals surface area (Å²) < 4.78 is 5.86. The van der Waals surface area contributed by atoms with E-state index < -0.39 is 0 Å². The molecule has 1 atom stereocenters. The molecule has 3 nitrogen and oxygen atoms in total. The maximum absolute atomic E-state index is 5.86. The maximum Gasteiger partial charge on any atom is 0.118 e. The third-order valence-corrected chi connectivity index (χ3v) is 4.21. The molecule has 1 aliphatic rings. The molecule has 0 spiro atoms. The predicted molar refractivity (Wildman–Crippen MR) is 79.1 cm³/mol. The molecule has 19 heavy (non-hydrogen) atoms. The van der Waals surface area contributed by atoms with Gasteiger partial charge in [0.15, 0.2) is 0 Å². The van der Waals surface area contributed by atoms with Crippen molar-refractivity contribution in [2.24, 2.45) is 0 Å². The lowest BCUT2D eigenvalue weighted by Gasteiger charge is -2.26. The standard InChI is InChI=1S/C16H28N2O/c1-5-12(3)18(6-2)11-14-9-16(19-13(14)4)10-17-15-7-8-15/h9,12,15,17H,5-8,10-11H2,1-4H3. The van der Waals surface area contributed by atoms with Gasteiger partial charge < -0.3 is 9.73 Å². The Hall–Kier alpha value is -0.800. The molecule has 0 amide bonds. The summed E-state index contributed by atoms with van der Waals surface area (Å²) in [6.07, 6.45) is 3.84. The lowest BCUT2D eigenvalue weighted by atomic mass is 10.1. The largest absolute Gasteiger partial charge is 0.465 e. The Balaban J connectivity index is 1.94. The van der Waals surface area contributed by atoms with E-state index in [0.29, 0.717) is 6.04 Å². The van der Waals surface area contributed by atoms with E-state index in [1.54, 1.807) is 0 Å². The zero-order chi connectivity index (χ0) is 13.8. The smallest absolute Gasteiger partial charge is 0.118 e. The van der Waals surface area contributed by atoms with Crippen molar-refractivity contribution < 1.29 is 4.42 Å². The summed E-state index contributed by atoms with van der Waals surface area (Å²) in [5.74, 6) is 2.16. The molecule has 0 aliphatic heterocycles. The number of nitrogens with zero attached hydrogens (tertiary/aromatic N) is 1. The number of hydrogen-bond acceptors (Lipinski definition) is 3. The van der Waals surface area contributed by atoms with Gasteiger partial charge in [-0.15, -0.1) is 0 Å². The molecule has 1 aromatic rings. The van der Waals surface area contributed by atoms with Crippen molar-refractivity contribution in [3.63, 3.8) is 0 Å². The molecule has 1 aliphatic carbocycles. The minimum atomic E-state index is 0.632. The maximum atomic E-state index is 5.86. The Morgan fingerprint density at radius 2 is 2.16 bits per heavy atom. The van der Waals surface area contributed by atoms with E-state index in [4.69, 9.17) is 4.42 Å². The first-order valence-corrected chi connectivity index (χ1v) is 7.69. The first-order valence-electron chi connectivity index (χ1n) is 7.69. The van der Waals surface area contributed by atoms with Crippen molar-refractivity contribution >= 4 is 0 Å². The van der Waals surface area contributed by atoms with Crippen LogP contribution >= 0.6 is 0 Å². The third-order valence-electron chi connectivity index (χ3n) is 4.21. The normalized spacial score (nSPS) is 17.1. The highest BCUT2D eigenvalue weighted by molar-refractivity contribution is 5.21. The Morgan fingerprint density at radius 3 is 2.74 bits per heavy atom. The van der Waals surface area contributed by atoms with Crippen molar-refractivity contribution in [1.82, 2.24) is 10.2 Å². The molecule has 0 bridgehead atoms. The van der Waals surface area contributed by atoms with Crippen LogP contribution in [-0.4, -0.2) is 23.5 Å². The molecule has 108 valence electrons. The van der Waals surface area contributed by atoms with Crippen LogP contribution in [0.3, 0.4) is 0 Å². The molecule has 1 aromatic heterocycles. The molecular formula is C16H28N2O. The van der Waals surface area contributed by atoms with E-state index in [-0.39, 0.29) is 0 Å². The number of aryl methyl sites for hydroxylation is 1. The fourth-order valence-corrected chi connectivity index (χ4v) is 2.42. The van der Waals surface area contributed by atoms with E-state index in [1.807, 2.05) is 0 Å². The van der Waals surface area contributed by atoms with Crippen molar-refractivity contribution in [3.8, 4) is 0 Å². The SMILES string of the molecule is CCC(C)N(CC)Cc1cc(CNC2CC2)oc1C. The lowest BCUT2D eigenvalue weighted by molar-refractivity contribution is 0.205.